The van der Waals surface area contributed by atoms with Crippen LogP contribution in [0.2, 0.25) is 16.6 Å². The average molecular weight is 713 g/mol. The number of hydrogen-bond acceptors (Lipinski definition) is 0. The first-order chi connectivity index (χ1) is 25.3. The molecule has 7 aromatic carbocycles. The summed E-state index contributed by atoms with van der Waals surface area (Å²) >= 11 is 0. The zero-order valence-electron chi connectivity index (χ0n) is 34.5. The third-order valence-electron chi connectivity index (χ3n) is 13.2. The minimum absolute atomic E-state index is 0.609. The van der Waals surface area contributed by atoms with Crippen molar-refractivity contribution in [1.29, 1.82) is 0 Å². The van der Waals surface area contributed by atoms with Gasteiger partial charge in [0, 0.05) is 17.5 Å². The molecule has 0 N–H and O–H groups in total. The van der Waals surface area contributed by atoms with Gasteiger partial charge in [0.1, 0.15) is 8.07 Å². The Kier molecular flexibility index (Phi) is 10.1. The van der Waals surface area contributed by atoms with E-state index in [-0.39, 0.29) is 0 Å². The fourth-order valence-corrected chi connectivity index (χ4v) is 15.9. The number of benzene rings is 5. The van der Waals surface area contributed by atoms with E-state index in [4.69, 9.17) is 0 Å². The molecule has 7 rings (SSSR count). The van der Waals surface area contributed by atoms with Crippen LogP contribution in [0.3, 0.4) is 0 Å². The highest BCUT2D eigenvalue weighted by atomic mass is 28.3. The smallest absolute Gasteiger partial charge is 0.125 e. The van der Waals surface area contributed by atoms with Gasteiger partial charge in [0.15, 0.2) is 0 Å². The maximum atomic E-state index is 3.99. The SMILES string of the molecule is CC(C)CC(C(C)C)C(CC#Cc1ccc2c3cccc4c3c(c2c1)c1cccc2c3ccc(C#C[Si](C(C)C)(C(C)C)C(C)C)cc3c4c21)C(C)C. The zero-order chi connectivity index (χ0) is 37.9. The van der Waals surface area contributed by atoms with Crippen LogP contribution in [0.5, 0.6) is 0 Å². The number of hydrogen-bond donors (Lipinski definition) is 0. The first kappa shape index (κ1) is 37.3. The van der Waals surface area contributed by atoms with Crippen molar-refractivity contribution in [1.82, 2.24) is 0 Å². The van der Waals surface area contributed by atoms with Crippen LogP contribution in [-0.4, -0.2) is 8.07 Å². The molecule has 0 heterocycles. The first-order valence-electron chi connectivity index (χ1n) is 20.6. The summed E-state index contributed by atoms with van der Waals surface area (Å²) < 4.78 is 0. The Hall–Kier alpha value is -4.04. The summed E-state index contributed by atoms with van der Waals surface area (Å²) in [6.07, 6.45) is 2.23. The molecule has 1 heteroatoms. The van der Waals surface area contributed by atoms with E-state index in [9.17, 15) is 0 Å². The molecule has 0 aliphatic carbocycles. The van der Waals surface area contributed by atoms with Crippen molar-refractivity contribution in [2.45, 2.75) is 113 Å². The van der Waals surface area contributed by atoms with Gasteiger partial charge in [-0.2, -0.15) is 0 Å². The Labute approximate surface area is 320 Å². The van der Waals surface area contributed by atoms with Gasteiger partial charge in [-0.05, 0) is 142 Å². The lowest BCUT2D eigenvalue weighted by molar-refractivity contribution is 0.170. The quantitative estimate of drug-likeness (QED) is 0.0794. The molecule has 0 radical (unpaired) electrons. The third kappa shape index (κ3) is 6.19. The second kappa shape index (κ2) is 14.3. The van der Waals surface area contributed by atoms with Crippen molar-refractivity contribution in [3.63, 3.8) is 0 Å². The molecular formula is C52H60Si. The Morgan fingerprint density at radius 2 is 0.887 bits per heavy atom. The molecule has 7 aromatic rings. The average Bonchev–Trinajstić information content (AvgIpc) is 3.61. The van der Waals surface area contributed by atoms with Gasteiger partial charge in [-0.25, -0.2) is 0 Å². The van der Waals surface area contributed by atoms with Crippen LogP contribution in [-0.2, 0) is 0 Å². The fraction of sp³-hybridized carbons (Fsp3) is 0.423. The van der Waals surface area contributed by atoms with E-state index in [1.165, 1.54) is 71.1 Å². The lowest BCUT2D eigenvalue weighted by Crippen LogP contribution is -2.43. The van der Waals surface area contributed by atoms with Crippen LogP contribution in [0.25, 0.3) is 64.6 Å². The van der Waals surface area contributed by atoms with E-state index in [2.05, 4.69) is 179 Å². The van der Waals surface area contributed by atoms with Crippen molar-refractivity contribution >= 4 is 72.7 Å². The normalized spacial score (nSPS) is 14.0. The van der Waals surface area contributed by atoms with Gasteiger partial charge in [0.05, 0.1) is 0 Å². The zero-order valence-corrected chi connectivity index (χ0v) is 35.5. The molecule has 0 spiro atoms. The van der Waals surface area contributed by atoms with Gasteiger partial charge in [-0.3, -0.25) is 0 Å². The molecule has 53 heavy (non-hydrogen) atoms. The second-order valence-electron chi connectivity index (χ2n) is 18.3. The summed E-state index contributed by atoms with van der Waals surface area (Å²) in [6, 6.07) is 27.9. The van der Waals surface area contributed by atoms with Gasteiger partial charge in [-0.15, -0.1) is 5.54 Å². The molecule has 0 saturated carbocycles. The largest absolute Gasteiger partial charge is 0.146 e. The molecule has 2 atom stereocenters. The maximum absolute atomic E-state index is 3.99. The van der Waals surface area contributed by atoms with Crippen molar-refractivity contribution in [3.8, 4) is 23.3 Å². The molecule has 2 unspecified atom stereocenters. The predicted octanol–water partition coefficient (Wildman–Crippen LogP) is 15.4. The van der Waals surface area contributed by atoms with E-state index in [1.54, 1.807) is 0 Å². The van der Waals surface area contributed by atoms with E-state index in [0.717, 1.165) is 17.5 Å². The van der Waals surface area contributed by atoms with Crippen molar-refractivity contribution in [2.24, 2.45) is 29.6 Å². The number of rotatable bonds is 9. The lowest BCUT2D eigenvalue weighted by Gasteiger charge is -2.38. The second-order valence-corrected chi connectivity index (χ2v) is 23.9. The monoisotopic (exact) mass is 712 g/mol. The maximum Gasteiger partial charge on any atom is 0.146 e. The van der Waals surface area contributed by atoms with E-state index in [0.29, 0.717) is 46.2 Å². The van der Waals surface area contributed by atoms with Gasteiger partial charge < -0.3 is 0 Å². The minimum Gasteiger partial charge on any atom is -0.125 e. The molecular weight excluding hydrogens is 653 g/mol. The number of fused-ring (bicyclic) bond motifs is 8. The van der Waals surface area contributed by atoms with Gasteiger partial charge >= 0.3 is 0 Å². The predicted molar refractivity (Wildman–Crippen MR) is 239 cm³/mol. The van der Waals surface area contributed by atoms with E-state index < -0.39 is 8.07 Å². The molecule has 0 aliphatic rings. The summed E-state index contributed by atoms with van der Waals surface area (Å²) in [5.74, 6) is 14.4. The van der Waals surface area contributed by atoms with Crippen molar-refractivity contribution in [2.75, 3.05) is 0 Å². The summed E-state index contributed by atoms with van der Waals surface area (Å²) in [4.78, 5) is 0. The van der Waals surface area contributed by atoms with Gasteiger partial charge in [0.2, 0.25) is 0 Å². The minimum atomic E-state index is -1.85. The third-order valence-corrected chi connectivity index (χ3v) is 19.5. The molecule has 0 aliphatic heterocycles. The summed E-state index contributed by atoms with van der Waals surface area (Å²) in [7, 11) is -1.85. The molecule has 0 bridgehead atoms. The molecule has 0 nitrogen and oxygen atoms in total. The highest BCUT2D eigenvalue weighted by Gasteiger charge is 2.41. The van der Waals surface area contributed by atoms with Crippen LogP contribution in [0, 0.1) is 52.9 Å². The topological polar surface area (TPSA) is 0 Å². The van der Waals surface area contributed by atoms with Crippen LogP contribution in [0.1, 0.15) is 107 Å². The molecule has 0 fully saturated rings. The highest BCUT2D eigenvalue weighted by Crippen LogP contribution is 2.50. The van der Waals surface area contributed by atoms with Crippen LogP contribution < -0.4 is 0 Å². The van der Waals surface area contributed by atoms with Crippen LogP contribution in [0.4, 0.5) is 0 Å². The fourth-order valence-electron chi connectivity index (χ4n) is 10.7. The standard InChI is InChI=1S/C52H60Si/c1-31(2)28-46(33(5)6)39(32(3)4)17-13-16-37-22-24-40-42-18-14-21-45-49(42)51(47(40)29-37)44-20-15-19-43-41-25-23-38(30-48(41)52(45)50(43)44)26-27-53(34(7)8,35(9)10)36(11)12/h14-15,18-25,29-36,39,46H,17,28H2,1-12H3. The Bertz CT molecular complexity index is 2530. The molecule has 0 saturated heterocycles. The summed E-state index contributed by atoms with van der Waals surface area (Å²) in [5.41, 5.74) is 8.09. The molecule has 272 valence electrons. The summed E-state index contributed by atoms with van der Waals surface area (Å²) in [6.45, 7) is 28.7. The van der Waals surface area contributed by atoms with Crippen molar-refractivity contribution < 1.29 is 0 Å². The van der Waals surface area contributed by atoms with Crippen LogP contribution in [0.15, 0.2) is 72.8 Å². The molecule has 0 amide bonds. The summed E-state index contributed by atoms with van der Waals surface area (Å²) in [5, 5.41) is 16.2. The molecule has 0 aromatic heterocycles. The van der Waals surface area contributed by atoms with E-state index >= 15 is 0 Å². The lowest BCUT2D eigenvalue weighted by atomic mass is 9.72. The first-order valence-corrected chi connectivity index (χ1v) is 22.8. The van der Waals surface area contributed by atoms with Gasteiger partial charge in [-0.1, -0.05) is 149 Å². The van der Waals surface area contributed by atoms with Crippen LogP contribution >= 0.6 is 0 Å². The Balaban J connectivity index is 1.40. The Morgan fingerprint density at radius 3 is 1.32 bits per heavy atom. The van der Waals surface area contributed by atoms with E-state index in [1.807, 2.05) is 0 Å². The Morgan fingerprint density at radius 1 is 0.453 bits per heavy atom. The van der Waals surface area contributed by atoms with Gasteiger partial charge in [0.25, 0.3) is 0 Å². The van der Waals surface area contributed by atoms with Crippen molar-refractivity contribution in [3.05, 3.63) is 83.9 Å². The highest BCUT2D eigenvalue weighted by molar-refractivity contribution is 6.90.